The Kier molecular flexibility index (Phi) is 3.81. The van der Waals surface area contributed by atoms with E-state index in [0.717, 1.165) is 44.1 Å². The lowest BCUT2D eigenvalue weighted by Gasteiger charge is -2.33. The summed E-state index contributed by atoms with van der Waals surface area (Å²) in [5, 5.41) is 0. The maximum absolute atomic E-state index is 11.4. The van der Waals surface area contributed by atoms with Crippen molar-refractivity contribution in [2.45, 2.75) is 39.2 Å². The quantitative estimate of drug-likeness (QED) is 0.924. The van der Waals surface area contributed by atoms with E-state index in [1.165, 1.54) is 42.3 Å². The summed E-state index contributed by atoms with van der Waals surface area (Å²) in [5.41, 5.74) is 5.25. The standard InChI is InChI=1S/C18H24N4O/c1-13(23)22-8-6-21(7-9-22)12-18-19-16-10-14-4-2-3-5-15(14)11-17(16)20-18/h10-11H,2-9,12H2,1H3,(H,19,20). The van der Waals surface area contributed by atoms with Crippen molar-refractivity contribution in [1.29, 1.82) is 0 Å². The Balaban J connectivity index is 1.48. The molecular formula is C18H24N4O. The van der Waals surface area contributed by atoms with E-state index in [1.807, 2.05) is 4.90 Å². The minimum absolute atomic E-state index is 0.180. The van der Waals surface area contributed by atoms with Crippen molar-refractivity contribution in [1.82, 2.24) is 19.8 Å². The van der Waals surface area contributed by atoms with Crippen molar-refractivity contribution in [3.8, 4) is 0 Å². The second-order valence-electron chi connectivity index (χ2n) is 6.81. The van der Waals surface area contributed by atoms with Crippen LogP contribution in [0.4, 0.5) is 0 Å². The van der Waals surface area contributed by atoms with Gasteiger partial charge < -0.3 is 9.88 Å². The molecular weight excluding hydrogens is 288 g/mol. The van der Waals surface area contributed by atoms with E-state index < -0.39 is 0 Å². The molecule has 23 heavy (non-hydrogen) atoms. The topological polar surface area (TPSA) is 52.2 Å². The van der Waals surface area contributed by atoms with Gasteiger partial charge in [0, 0.05) is 33.1 Å². The van der Waals surface area contributed by atoms with E-state index in [-0.39, 0.29) is 5.91 Å². The van der Waals surface area contributed by atoms with Crippen LogP contribution in [-0.2, 0) is 24.2 Å². The van der Waals surface area contributed by atoms with Gasteiger partial charge in [0.2, 0.25) is 5.91 Å². The number of piperazine rings is 1. The number of rotatable bonds is 2. The molecule has 0 radical (unpaired) electrons. The molecule has 1 aliphatic heterocycles. The highest BCUT2D eigenvalue weighted by atomic mass is 16.2. The van der Waals surface area contributed by atoms with Gasteiger partial charge in [-0.25, -0.2) is 4.98 Å². The molecule has 2 aromatic rings. The number of hydrogen-bond acceptors (Lipinski definition) is 3. The van der Waals surface area contributed by atoms with Crippen LogP contribution in [0.2, 0.25) is 0 Å². The lowest BCUT2D eigenvalue weighted by atomic mass is 9.91. The van der Waals surface area contributed by atoms with Crippen LogP contribution in [0.1, 0.15) is 36.7 Å². The summed E-state index contributed by atoms with van der Waals surface area (Å²) in [6.45, 7) is 5.98. The Morgan fingerprint density at radius 3 is 2.52 bits per heavy atom. The lowest BCUT2D eigenvalue weighted by Crippen LogP contribution is -2.47. The van der Waals surface area contributed by atoms with Crippen LogP contribution in [0.5, 0.6) is 0 Å². The number of carbonyl (C=O) groups is 1. The van der Waals surface area contributed by atoms with E-state index in [2.05, 4.69) is 22.0 Å². The van der Waals surface area contributed by atoms with Crippen LogP contribution in [0, 0.1) is 0 Å². The van der Waals surface area contributed by atoms with Crippen LogP contribution in [-0.4, -0.2) is 51.9 Å². The molecule has 1 aromatic heterocycles. The van der Waals surface area contributed by atoms with Gasteiger partial charge in [-0.3, -0.25) is 9.69 Å². The number of H-pyrrole nitrogens is 1. The number of imidazole rings is 1. The van der Waals surface area contributed by atoms with Crippen molar-refractivity contribution in [3.05, 3.63) is 29.1 Å². The summed E-state index contributed by atoms with van der Waals surface area (Å²) >= 11 is 0. The molecule has 4 rings (SSSR count). The van der Waals surface area contributed by atoms with Gasteiger partial charge in [-0.15, -0.1) is 0 Å². The van der Waals surface area contributed by atoms with Crippen molar-refractivity contribution in [3.63, 3.8) is 0 Å². The fraction of sp³-hybridized carbons (Fsp3) is 0.556. The third-order valence-electron chi connectivity index (χ3n) is 5.19. The average Bonchev–Trinajstić information content (AvgIpc) is 2.94. The molecule has 0 spiro atoms. The molecule has 122 valence electrons. The zero-order chi connectivity index (χ0) is 15.8. The second kappa shape index (κ2) is 5.96. The molecule has 0 unspecified atom stereocenters. The van der Waals surface area contributed by atoms with Crippen LogP contribution < -0.4 is 0 Å². The molecule has 0 saturated carbocycles. The van der Waals surface area contributed by atoms with Crippen molar-refractivity contribution in [2.24, 2.45) is 0 Å². The Morgan fingerprint density at radius 2 is 1.83 bits per heavy atom. The van der Waals surface area contributed by atoms with E-state index in [9.17, 15) is 4.79 Å². The highest BCUT2D eigenvalue weighted by Gasteiger charge is 2.20. The fourth-order valence-electron chi connectivity index (χ4n) is 3.80. The number of fused-ring (bicyclic) bond motifs is 2. The van der Waals surface area contributed by atoms with E-state index in [0.29, 0.717) is 0 Å². The summed E-state index contributed by atoms with van der Waals surface area (Å²) in [4.78, 5) is 24.0. The number of nitrogens with one attached hydrogen (secondary N) is 1. The molecule has 0 atom stereocenters. The number of nitrogens with zero attached hydrogens (tertiary/aromatic N) is 3. The van der Waals surface area contributed by atoms with Crippen LogP contribution >= 0.6 is 0 Å². The predicted octanol–water partition coefficient (Wildman–Crippen LogP) is 2.11. The van der Waals surface area contributed by atoms with Gasteiger partial charge in [-0.05, 0) is 48.9 Å². The van der Waals surface area contributed by atoms with Gasteiger partial charge in [-0.2, -0.15) is 0 Å². The first kappa shape index (κ1) is 14.7. The largest absolute Gasteiger partial charge is 0.341 e. The second-order valence-corrected chi connectivity index (χ2v) is 6.81. The molecule has 5 nitrogen and oxygen atoms in total. The first-order valence-corrected chi connectivity index (χ1v) is 8.67. The fourth-order valence-corrected chi connectivity index (χ4v) is 3.80. The van der Waals surface area contributed by atoms with Crippen LogP contribution in [0.25, 0.3) is 11.0 Å². The average molecular weight is 312 g/mol. The molecule has 1 aromatic carbocycles. The minimum Gasteiger partial charge on any atom is -0.341 e. The normalized spacial score (nSPS) is 19.1. The van der Waals surface area contributed by atoms with Gasteiger partial charge in [0.25, 0.3) is 0 Å². The third kappa shape index (κ3) is 2.98. The lowest BCUT2D eigenvalue weighted by molar-refractivity contribution is -0.130. The number of carbonyl (C=O) groups excluding carboxylic acids is 1. The predicted molar refractivity (Wildman–Crippen MR) is 90.3 cm³/mol. The maximum atomic E-state index is 11.4. The summed E-state index contributed by atoms with van der Waals surface area (Å²) in [6.07, 6.45) is 5.00. The number of aromatic nitrogens is 2. The zero-order valence-electron chi connectivity index (χ0n) is 13.8. The SMILES string of the molecule is CC(=O)N1CCN(Cc2nc3cc4c(cc3[nH]2)CCCC4)CC1. The van der Waals surface area contributed by atoms with Gasteiger partial charge in [0.05, 0.1) is 17.6 Å². The highest BCUT2D eigenvalue weighted by molar-refractivity contribution is 5.77. The van der Waals surface area contributed by atoms with E-state index in [4.69, 9.17) is 4.98 Å². The number of benzene rings is 1. The Morgan fingerprint density at radius 1 is 1.13 bits per heavy atom. The zero-order valence-corrected chi connectivity index (χ0v) is 13.8. The molecule has 1 fully saturated rings. The Bertz CT molecular complexity index is 685. The molecule has 2 heterocycles. The smallest absolute Gasteiger partial charge is 0.219 e. The van der Waals surface area contributed by atoms with Crippen molar-refractivity contribution in [2.75, 3.05) is 26.2 Å². The molecule has 2 aliphatic rings. The van der Waals surface area contributed by atoms with Crippen LogP contribution in [0.15, 0.2) is 12.1 Å². The molecule has 1 saturated heterocycles. The molecule has 1 amide bonds. The number of hydrogen-bond donors (Lipinski definition) is 1. The van der Waals surface area contributed by atoms with E-state index >= 15 is 0 Å². The summed E-state index contributed by atoms with van der Waals surface area (Å²) < 4.78 is 0. The number of amides is 1. The molecule has 1 aliphatic carbocycles. The first-order valence-electron chi connectivity index (χ1n) is 8.67. The van der Waals surface area contributed by atoms with E-state index in [1.54, 1.807) is 6.92 Å². The van der Waals surface area contributed by atoms with Gasteiger partial charge in [0.1, 0.15) is 5.82 Å². The summed E-state index contributed by atoms with van der Waals surface area (Å²) in [7, 11) is 0. The summed E-state index contributed by atoms with van der Waals surface area (Å²) in [5.74, 6) is 1.22. The highest BCUT2D eigenvalue weighted by Crippen LogP contribution is 2.25. The van der Waals surface area contributed by atoms with Crippen LogP contribution in [0.3, 0.4) is 0 Å². The van der Waals surface area contributed by atoms with Crippen molar-refractivity contribution >= 4 is 16.9 Å². The third-order valence-corrected chi connectivity index (χ3v) is 5.19. The van der Waals surface area contributed by atoms with Crippen molar-refractivity contribution < 1.29 is 4.79 Å². The Labute approximate surface area is 136 Å². The van der Waals surface area contributed by atoms with Gasteiger partial charge in [0.15, 0.2) is 0 Å². The number of aryl methyl sites for hydroxylation is 2. The number of aromatic amines is 1. The minimum atomic E-state index is 0.180. The molecule has 5 heteroatoms. The first-order chi connectivity index (χ1) is 11.2. The molecule has 1 N–H and O–H groups in total. The monoisotopic (exact) mass is 312 g/mol. The van der Waals surface area contributed by atoms with Gasteiger partial charge in [-0.1, -0.05) is 0 Å². The Hall–Kier alpha value is -1.88. The summed E-state index contributed by atoms with van der Waals surface area (Å²) in [6, 6.07) is 4.57. The maximum Gasteiger partial charge on any atom is 0.219 e. The van der Waals surface area contributed by atoms with Gasteiger partial charge >= 0.3 is 0 Å². The molecule has 0 bridgehead atoms.